The molecule has 5 nitrogen and oxygen atoms in total. The Morgan fingerprint density at radius 2 is 2.05 bits per heavy atom. The lowest BCUT2D eigenvalue weighted by atomic mass is 10.2. The summed E-state index contributed by atoms with van der Waals surface area (Å²) < 4.78 is 29.0. The molecule has 0 saturated carbocycles. The van der Waals surface area contributed by atoms with E-state index in [4.69, 9.17) is 4.42 Å². The van der Waals surface area contributed by atoms with Gasteiger partial charge in [-0.3, -0.25) is 4.79 Å². The van der Waals surface area contributed by atoms with Crippen LogP contribution in [0.15, 0.2) is 10.5 Å². The van der Waals surface area contributed by atoms with Gasteiger partial charge in [-0.25, -0.2) is 8.42 Å². The molecule has 0 unspecified atom stereocenters. The fourth-order valence-corrected chi connectivity index (χ4v) is 3.61. The summed E-state index contributed by atoms with van der Waals surface area (Å²) in [6.45, 7) is 6.01. The third-order valence-electron chi connectivity index (χ3n) is 3.59. The molecule has 6 heteroatoms. The first-order valence-electron chi connectivity index (χ1n) is 6.39. The average Bonchev–Trinajstić information content (AvgIpc) is 2.60. The summed E-state index contributed by atoms with van der Waals surface area (Å²) >= 11 is 0. The molecule has 1 aliphatic rings. The summed E-state index contributed by atoms with van der Waals surface area (Å²) in [6.07, 6.45) is 0.479. The van der Waals surface area contributed by atoms with Gasteiger partial charge in [-0.05, 0) is 33.3 Å². The molecule has 1 aliphatic heterocycles. The Kier molecular flexibility index (Phi) is 3.71. The van der Waals surface area contributed by atoms with Crippen LogP contribution in [0.3, 0.4) is 0 Å². The fourth-order valence-electron chi connectivity index (χ4n) is 2.27. The lowest BCUT2D eigenvalue weighted by Gasteiger charge is -2.18. The van der Waals surface area contributed by atoms with Crippen LogP contribution in [0.5, 0.6) is 0 Å². The molecule has 1 amide bonds. The SMILES string of the molecule is Cc1cc(C)c(C(=O)N2CC[C@H](C)S(=O)(=O)CC2)o1. The minimum absolute atomic E-state index is 0.0264. The van der Waals surface area contributed by atoms with E-state index >= 15 is 0 Å². The first-order valence-corrected chi connectivity index (χ1v) is 8.10. The second kappa shape index (κ2) is 5.00. The molecule has 2 heterocycles. The number of hydrogen-bond donors (Lipinski definition) is 0. The summed E-state index contributed by atoms with van der Waals surface area (Å²) in [5, 5.41) is -0.385. The average molecular weight is 285 g/mol. The molecule has 19 heavy (non-hydrogen) atoms. The van der Waals surface area contributed by atoms with Crippen LogP contribution in [0.1, 0.15) is 35.2 Å². The van der Waals surface area contributed by atoms with Gasteiger partial charge < -0.3 is 9.32 Å². The standard InChI is InChI=1S/C13H19NO4S/c1-9-8-10(2)18-12(9)13(15)14-5-4-11(3)19(16,17)7-6-14/h8,11H,4-7H2,1-3H3/t11-/m0/s1. The largest absolute Gasteiger partial charge is 0.456 e. The minimum Gasteiger partial charge on any atom is -0.456 e. The van der Waals surface area contributed by atoms with Crippen molar-refractivity contribution in [2.75, 3.05) is 18.8 Å². The minimum atomic E-state index is -3.08. The van der Waals surface area contributed by atoms with Gasteiger partial charge in [0.2, 0.25) is 0 Å². The monoisotopic (exact) mass is 285 g/mol. The molecule has 0 bridgehead atoms. The van der Waals surface area contributed by atoms with Crippen molar-refractivity contribution in [1.82, 2.24) is 4.90 Å². The summed E-state index contributed by atoms with van der Waals surface area (Å²) in [6, 6.07) is 1.81. The number of hydrogen-bond acceptors (Lipinski definition) is 4. The molecule has 1 aromatic rings. The Bertz CT molecular complexity index is 588. The van der Waals surface area contributed by atoms with Crippen molar-refractivity contribution in [2.45, 2.75) is 32.4 Å². The Morgan fingerprint density at radius 3 is 2.63 bits per heavy atom. The van der Waals surface area contributed by atoms with Crippen LogP contribution in [0.2, 0.25) is 0 Å². The van der Waals surface area contributed by atoms with E-state index in [2.05, 4.69) is 0 Å². The molecule has 0 spiro atoms. The molecule has 1 saturated heterocycles. The van der Waals surface area contributed by atoms with Crippen molar-refractivity contribution in [3.63, 3.8) is 0 Å². The quantitative estimate of drug-likeness (QED) is 0.785. The van der Waals surface area contributed by atoms with Crippen LogP contribution >= 0.6 is 0 Å². The smallest absolute Gasteiger partial charge is 0.289 e. The van der Waals surface area contributed by atoms with Gasteiger partial charge in [-0.15, -0.1) is 0 Å². The zero-order chi connectivity index (χ0) is 14.2. The lowest BCUT2D eigenvalue weighted by molar-refractivity contribution is 0.0732. The topological polar surface area (TPSA) is 67.6 Å². The van der Waals surface area contributed by atoms with E-state index < -0.39 is 9.84 Å². The van der Waals surface area contributed by atoms with Crippen LogP contribution < -0.4 is 0 Å². The maximum Gasteiger partial charge on any atom is 0.289 e. The first kappa shape index (κ1) is 14.1. The van der Waals surface area contributed by atoms with Gasteiger partial charge >= 0.3 is 0 Å². The van der Waals surface area contributed by atoms with Crippen molar-refractivity contribution in [2.24, 2.45) is 0 Å². The predicted octanol–water partition coefficient (Wildman–Crippen LogP) is 1.55. The zero-order valence-corrected chi connectivity index (χ0v) is 12.3. The molecule has 0 radical (unpaired) electrons. The second-order valence-electron chi connectivity index (χ2n) is 5.13. The Balaban J connectivity index is 2.19. The normalized spacial score (nSPS) is 23.1. The second-order valence-corrected chi connectivity index (χ2v) is 7.67. The molecule has 1 fully saturated rings. The van der Waals surface area contributed by atoms with Crippen molar-refractivity contribution in [3.05, 3.63) is 23.2 Å². The lowest BCUT2D eigenvalue weighted by Crippen LogP contribution is -2.33. The predicted molar refractivity (Wildman–Crippen MR) is 72.0 cm³/mol. The van der Waals surface area contributed by atoms with Crippen LogP contribution in [0.25, 0.3) is 0 Å². The van der Waals surface area contributed by atoms with Gasteiger partial charge in [-0.1, -0.05) is 0 Å². The maximum absolute atomic E-state index is 12.3. The Hall–Kier alpha value is -1.30. The number of amides is 1. The summed E-state index contributed by atoms with van der Waals surface area (Å²) in [5.74, 6) is 0.828. The molecular formula is C13H19NO4S. The first-order chi connectivity index (χ1) is 8.81. The van der Waals surface area contributed by atoms with Gasteiger partial charge in [0.25, 0.3) is 5.91 Å². The Labute approximate surface area is 113 Å². The highest BCUT2D eigenvalue weighted by molar-refractivity contribution is 7.92. The molecular weight excluding hydrogens is 266 g/mol. The number of nitrogens with zero attached hydrogens (tertiary/aromatic N) is 1. The van der Waals surface area contributed by atoms with Crippen molar-refractivity contribution >= 4 is 15.7 Å². The number of carbonyl (C=O) groups excluding carboxylic acids is 1. The molecule has 106 valence electrons. The highest BCUT2D eigenvalue weighted by atomic mass is 32.2. The highest BCUT2D eigenvalue weighted by Crippen LogP contribution is 2.19. The Morgan fingerprint density at radius 1 is 1.37 bits per heavy atom. The van der Waals surface area contributed by atoms with Gasteiger partial charge in [0.15, 0.2) is 15.6 Å². The summed E-state index contributed by atoms with van der Waals surface area (Å²) in [7, 11) is -3.08. The summed E-state index contributed by atoms with van der Waals surface area (Å²) in [4.78, 5) is 13.9. The van der Waals surface area contributed by atoms with Crippen molar-refractivity contribution in [1.29, 1.82) is 0 Å². The number of sulfone groups is 1. The van der Waals surface area contributed by atoms with Gasteiger partial charge in [0.05, 0.1) is 11.0 Å². The zero-order valence-electron chi connectivity index (χ0n) is 11.5. The van der Waals surface area contributed by atoms with Crippen LogP contribution in [-0.4, -0.2) is 43.3 Å². The van der Waals surface area contributed by atoms with Gasteiger partial charge in [-0.2, -0.15) is 0 Å². The van der Waals surface area contributed by atoms with Crippen LogP contribution in [0.4, 0.5) is 0 Å². The number of furan rings is 1. The molecule has 0 aliphatic carbocycles. The van der Waals surface area contributed by atoms with Gasteiger partial charge in [0, 0.05) is 18.7 Å². The van der Waals surface area contributed by atoms with Gasteiger partial charge in [0.1, 0.15) is 5.76 Å². The number of aryl methyl sites for hydroxylation is 2. The van der Waals surface area contributed by atoms with Crippen molar-refractivity contribution in [3.8, 4) is 0 Å². The number of carbonyl (C=O) groups is 1. The fraction of sp³-hybridized carbons (Fsp3) is 0.615. The molecule has 0 aromatic carbocycles. The maximum atomic E-state index is 12.3. The number of rotatable bonds is 1. The van der Waals surface area contributed by atoms with E-state index in [1.807, 2.05) is 13.0 Å². The molecule has 0 N–H and O–H groups in total. The molecule has 1 atom stereocenters. The third kappa shape index (κ3) is 2.83. The van der Waals surface area contributed by atoms with Crippen LogP contribution in [0, 0.1) is 13.8 Å². The molecule has 1 aromatic heterocycles. The summed E-state index contributed by atoms with van der Waals surface area (Å²) in [5.41, 5.74) is 0.794. The third-order valence-corrected chi connectivity index (χ3v) is 5.80. The highest BCUT2D eigenvalue weighted by Gasteiger charge is 2.30. The van der Waals surface area contributed by atoms with E-state index in [1.54, 1.807) is 18.7 Å². The van der Waals surface area contributed by atoms with E-state index in [0.717, 1.165) is 5.56 Å². The van der Waals surface area contributed by atoms with E-state index in [1.165, 1.54) is 0 Å². The van der Waals surface area contributed by atoms with E-state index in [9.17, 15) is 13.2 Å². The van der Waals surface area contributed by atoms with E-state index in [-0.39, 0.29) is 23.5 Å². The molecule has 2 rings (SSSR count). The van der Waals surface area contributed by atoms with E-state index in [0.29, 0.717) is 24.5 Å². The van der Waals surface area contributed by atoms with Crippen LogP contribution in [-0.2, 0) is 9.84 Å². The van der Waals surface area contributed by atoms with Crippen molar-refractivity contribution < 1.29 is 17.6 Å².